The first-order chi connectivity index (χ1) is 5.18. The van der Waals surface area contributed by atoms with Gasteiger partial charge < -0.3 is 5.73 Å². The van der Waals surface area contributed by atoms with Crippen molar-refractivity contribution in [2.75, 3.05) is 0 Å². The molecule has 0 rings (SSSR count). The van der Waals surface area contributed by atoms with Crippen LogP contribution in [0.5, 0.6) is 0 Å². The number of hydrogen-bond donors (Lipinski definition) is 1. The maximum atomic E-state index is 10.7. The summed E-state index contributed by atoms with van der Waals surface area (Å²) in [4.78, 5) is 10.7. The summed E-state index contributed by atoms with van der Waals surface area (Å²) in [5, 5.41) is 0. The van der Waals surface area contributed by atoms with E-state index in [9.17, 15) is 4.79 Å². The number of carbonyl (C=O) groups excluding carboxylic acids is 1. The summed E-state index contributed by atoms with van der Waals surface area (Å²) in [6, 6.07) is 0.0341. The van der Waals surface area contributed by atoms with Gasteiger partial charge in [0.1, 0.15) is 6.04 Å². The minimum Gasteiger partial charge on any atom is -0.349 e. The molecule has 3 N–H and O–H groups in total. The molecule has 2 nitrogen and oxygen atoms in total. The highest BCUT2D eigenvalue weighted by Crippen LogP contribution is 2.03. The molecule has 0 saturated carbocycles. The van der Waals surface area contributed by atoms with Gasteiger partial charge in [0.15, 0.2) is 5.78 Å². The van der Waals surface area contributed by atoms with Crippen LogP contribution in [0.25, 0.3) is 0 Å². The van der Waals surface area contributed by atoms with Gasteiger partial charge in [-0.15, -0.1) is 0 Å². The summed E-state index contributed by atoms with van der Waals surface area (Å²) in [6.07, 6.45) is 5.90. The van der Waals surface area contributed by atoms with Gasteiger partial charge in [-0.05, 0) is 6.42 Å². The van der Waals surface area contributed by atoms with E-state index in [2.05, 4.69) is 12.7 Å². The molecular formula is C11H28NO+. The third kappa shape index (κ3) is 11.6. The molecule has 0 spiro atoms. The molecule has 13 heavy (non-hydrogen) atoms. The third-order valence-electron chi connectivity index (χ3n) is 1.98. The molecule has 0 heterocycles. The Morgan fingerprint density at radius 3 is 2.15 bits per heavy atom. The first-order valence-corrected chi connectivity index (χ1v) is 4.52. The van der Waals surface area contributed by atoms with Gasteiger partial charge in [-0.3, -0.25) is 4.79 Å². The van der Waals surface area contributed by atoms with Gasteiger partial charge in [-0.25, -0.2) is 0 Å². The van der Waals surface area contributed by atoms with Crippen molar-refractivity contribution in [2.45, 2.75) is 66.8 Å². The van der Waals surface area contributed by atoms with Gasteiger partial charge in [0.05, 0.1) is 0 Å². The van der Waals surface area contributed by atoms with Gasteiger partial charge >= 0.3 is 0 Å². The van der Waals surface area contributed by atoms with Crippen molar-refractivity contribution < 1.29 is 10.5 Å². The maximum absolute atomic E-state index is 10.7. The molecule has 0 aromatic carbocycles. The number of hydrogen-bond acceptors (Lipinski definition) is 1. The molecule has 0 saturated heterocycles. The van der Waals surface area contributed by atoms with Crippen LogP contribution in [0.1, 0.15) is 60.8 Å². The number of Topliss-reactive ketones (excluding diaryl/α,β-unsaturated/α-hetero) is 1. The molecule has 82 valence electrons. The maximum Gasteiger partial charge on any atom is 0.186 e. The fraction of sp³-hybridized carbons (Fsp3) is 0.909. The van der Waals surface area contributed by atoms with E-state index < -0.39 is 0 Å². The van der Waals surface area contributed by atoms with Gasteiger partial charge in [0.2, 0.25) is 0 Å². The monoisotopic (exact) mass is 190 g/mol. The molecule has 2 heteroatoms. The normalized spacial score (nSPS) is 11.0. The van der Waals surface area contributed by atoms with Crippen LogP contribution >= 0.6 is 0 Å². The lowest BCUT2D eigenvalue weighted by Gasteiger charge is -2.02. The van der Waals surface area contributed by atoms with Crippen LogP contribution in [-0.2, 0) is 4.79 Å². The Bertz CT molecular complexity index is 113. The van der Waals surface area contributed by atoms with Crippen molar-refractivity contribution in [3.8, 4) is 0 Å². The average Bonchev–Trinajstić information content (AvgIpc) is 1.97. The molecule has 0 aromatic heterocycles. The summed E-state index contributed by atoms with van der Waals surface area (Å²) in [7, 11) is 0. The van der Waals surface area contributed by atoms with Crippen LogP contribution in [0.3, 0.4) is 0 Å². The number of ketones is 1. The van der Waals surface area contributed by atoms with Crippen LogP contribution in [0.4, 0.5) is 0 Å². The van der Waals surface area contributed by atoms with Gasteiger partial charge in [-0.2, -0.15) is 0 Å². The average molecular weight is 190 g/mol. The Labute approximate surface area is 83.9 Å². The van der Waals surface area contributed by atoms with Crippen molar-refractivity contribution in [2.24, 2.45) is 0 Å². The summed E-state index contributed by atoms with van der Waals surface area (Å²) >= 11 is 0. The van der Waals surface area contributed by atoms with E-state index in [0.29, 0.717) is 0 Å². The standard InChI is InChI=1S/C9H19NO.2CH4/c1-3-4-5-6-7-9(10)8(2)11;;/h9H,3-7,10H2,1-2H3;2*1H4/p+1. The van der Waals surface area contributed by atoms with E-state index >= 15 is 0 Å². The Hall–Kier alpha value is -0.370. The highest BCUT2D eigenvalue weighted by atomic mass is 16.1. The predicted molar refractivity (Wildman–Crippen MR) is 59.6 cm³/mol. The van der Waals surface area contributed by atoms with E-state index in [1.54, 1.807) is 6.92 Å². The second kappa shape index (κ2) is 11.6. The summed E-state index contributed by atoms with van der Waals surface area (Å²) in [5.41, 5.74) is 3.79. The molecule has 0 aliphatic rings. The van der Waals surface area contributed by atoms with Crippen LogP contribution in [0.15, 0.2) is 0 Å². The first kappa shape index (κ1) is 18.4. The van der Waals surface area contributed by atoms with E-state index in [-0.39, 0.29) is 26.7 Å². The number of rotatable bonds is 6. The molecular weight excluding hydrogens is 162 g/mol. The molecule has 0 aliphatic carbocycles. The molecule has 0 fully saturated rings. The molecule has 1 atom stereocenters. The topological polar surface area (TPSA) is 44.7 Å². The number of quaternary nitrogens is 1. The zero-order valence-electron chi connectivity index (χ0n) is 7.73. The van der Waals surface area contributed by atoms with E-state index in [1.807, 2.05) is 0 Å². The second-order valence-corrected chi connectivity index (χ2v) is 3.16. The predicted octanol–water partition coefficient (Wildman–Crippen LogP) is 2.43. The van der Waals surface area contributed by atoms with Crippen molar-refractivity contribution in [1.82, 2.24) is 0 Å². The van der Waals surface area contributed by atoms with Crippen molar-refractivity contribution in [3.63, 3.8) is 0 Å². The number of unbranched alkanes of at least 4 members (excludes halogenated alkanes) is 3. The van der Waals surface area contributed by atoms with Gasteiger partial charge in [0, 0.05) is 13.3 Å². The lowest BCUT2D eigenvalue weighted by atomic mass is 10.1. The molecule has 1 unspecified atom stereocenters. The lowest BCUT2D eigenvalue weighted by Crippen LogP contribution is -2.64. The van der Waals surface area contributed by atoms with Crippen LogP contribution in [0, 0.1) is 0 Å². The summed E-state index contributed by atoms with van der Waals surface area (Å²) < 4.78 is 0. The van der Waals surface area contributed by atoms with Crippen LogP contribution in [-0.4, -0.2) is 11.8 Å². The Balaban J connectivity index is -0.000000500. The number of carbonyl (C=O) groups is 1. The zero-order chi connectivity index (χ0) is 8.69. The summed E-state index contributed by atoms with van der Waals surface area (Å²) in [6.45, 7) is 3.81. The van der Waals surface area contributed by atoms with Crippen molar-refractivity contribution in [3.05, 3.63) is 0 Å². The van der Waals surface area contributed by atoms with E-state index in [4.69, 9.17) is 0 Å². The van der Waals surface area contributed by atoms with Gasteiger partial charge in [-0.1, -0.05) is 41.0 Å². The molecule has 0 aromatic rings. The largest absolute Gasteiger partial charge is 0.349 e. The minimum absolute atomic E-state index is 0. The highest BCUT2D eigenvalue weighted by Gasteiger charge is 2.09. The molecule has 0 aliphatic heterocycles. The van der Waals surface area contributed by atoms with Crippen LogP contribution in [0.2, 0.25) is 0 Å². The second-order valence-electron chi connectivity index (χ2n) is 3.16. The molecule has 0 bridgehead atoms. The fourth-order valence-electron chi connectivity index (χ4n) is 1.02. The highest BCUT2D eigenvalue weighted by molar-refractivity contribution is 5.79. The zero-order valence-corrected chi connectivity index (χ0v) is 7.73. The Morgan fingerprint density at radius 1 is 1.23 bits per heavy atom. The third-order valence-corrected chi connectivity index (χ3v) is 1.98. The SMILES string of the molecule is C.C.CCCCCCC([NH3+])C(C)=O. The van der Waals surface area contributed by atoms with E-state index in [1.165, 1.54) is 19.3 Å². The van der Waals surface area contributed by atoms with Crippen LogP contribution < -0.4 is 5.73 Å². The van der Waals surface area contributed by atoms with Crippen molar-refractivity contribution in [1.29, 1.82) is 0 Å². The van der Waals surface area contributed by atoms with E-state index in [0.717, 1.165) is 12.8 Å². The lowest BCUT2D eigenvalue weighted by molar-refractivity contribution is -0.404. The fourth-order valence-corrected chi connectivity index (χ4v) is 1.02. The first-order valence-electron chi connectivity index (χ1n) is 4.52. The molecule has 0 amide bonds. The van der Waals surface area contributed by atoms with Gasteiger partial charge in [0.25, 0.3) is 0 Å². The summed E-state index contributed by atoms with van der Waals surface area (Å²) in [5.74, 6) is 0.224. The Morgan fingerprint density at radius 2 is 1.77 bits per heavy atom. The quantitative estimate of drug-likeness (QED) is 0.642. The Kier molecular flexibility index (Phi) is 16.5. The smallest absolute Gasteiger partial charge is 0.186 e. The van der Waals surface area contributed by atoms with Crippen molar-refractivity contribution >= 4 is 5.78 Å². The minimum atomic E-state index is 0. The molecule has 0 radical (unpaired) electrons.